The lowest BCUT2D eigenvalue weighted by Gasteiger charge is -2.37. The number of aliphatic hydroxyl groups is 1. The predicted molar refractivity (Wildman–Crippen MR) is 50.1 cm³/mol. The van der Waals surface area contributed by atoms with Crippen LogP contribution < -0.4 is 5.73 Å². The molecule has 0 saturated carbocycles. The van der Waals surface area contributed by atoms with E-state index < -0.39 is 11.6 Å². The maximum absolute atomic E-state index is 11.5. The number of carbonyl (C=O) groups is 1. The van der Waals surface area contributed by atoms with Crippen molar-refractivity contribution in [1.29, 1.82) is 0 Å². The molecule has 0 aliphatic carbocycles. The van der Waals surface area contributed by atoms with Crippen LogP contribution in [0.3, 0.4) is 0 Å². The van der Waals surface area contributed by atoms with Crippen LogP contribution in [0.5, 0.6) is 0 Å². The number of piperidine rings is 1. The van der Waals surface area contributed by atoms with Gasteiger partial charge in [-0.15, -0.1) is 0 Å². The Labute approximate surface area is 78.7 Å². The molecule has 1 amide bonds. The number of nitrogens with two attached hydrogens (primary N) is 1. The van der Waals surface area contributed by atoms with Crippen LogP contribution in [0, 0.1) is 0 Å². The highest BCUT2D eigenvalue weighted by Crippen LogP contribution is 2.20. The van der Waals surface area contributed by atoms with E-state index in [0.717, 1.165) is 19.4 Å². The lowest BCUT2D eigenvalue weighted by atomic mass is 9.95. The molecule has 0 radical (unpaired) electrons. The summed E-state index contributed by atoms with van der Waals surface area (Å²) in [5, 5.41) is 9.74. The summed E-state index contributed by atoms with van der Waals surface area (Å²) >= 11 is 0. The molecule has 4 nitrogen and oxygen atoms in total. The summed E-state index contributed by atoms with van der Waals surface area (Å²) in [7, 11) is 0. The summed E-state index contributed by atoms with van der Waals surface area (Å²) in [5.41, 5.74) is 4.75. The molecule has 0 spiro atoms. The molecule has 3 N–H and O–H groups in total. The van der Waals surface area contributed by atoms with Crippen LogP contribution in [0.25, 0.3) is 0 Å². The highest BCUT2D eigenvalue weighted by molar-refractivity contribution is 5.81. The number of likely N-dealkylation sites (tertiary alicyclic amines) is 1. The minimum absolute atomic E-state index is 0.0695. The zero-order chi connectivity index (χ0) is 10.1. The van der Waals surface area contributed by atoms with E-state index in [2.05, 4.69) is 0 Å². The quantitative estimate of drug-likeness (QED) is 0.591. The molecule has 1 saturated heterocycles. The molecule has 13 heavy (non-hydrogen) atoms. The van der Waals surface area contributed by atoms with Gasteiger partial charge < -0.3 is 15.7 Å². The lowest BCUT2D eigenvalue weighted by molar-refractivity contribution is -0.138. The summed E-state index contributed by atoms with van der Waals surface area (Å²) in [6.45, 7) is 4.56. The maximum atomic E-state index is 11.5. The second-order valence-electron chi connectivity index (χ2n) is 4.15. The Hall–Kier alpha value is -0.610. The molecule has 1 aliphatic rings. The van der Waals surface area contributed by atoms with E-state index in [1.54, 1.807) is 18.7 Å². The Morgan fingerprint density at radius 3 is 2.77 bits per heavy atom. The van der Waals surface area contributed by atoms with Gasteiger partial charge in [0.05, 0.1) is 11.6 Å². The van der Waals surface area contributed by atoms with Crippen molar-refractivity contribution in [3.63, 3.8) is 0 Å². The Morgan fingerprint density at radius 1 is 1.69 bits per heavy atom. The molecule has 0 aromatic heterocycles. The van der Waals surface area contributed by atoms with Crippen molar-refractivity contribution in [2.75, 3.05) is 13.1 Å². The van der Waals surface area contributed by atoms with Crippen molar-refractivity contribution in [3.05, 3.63) is 0 Å². The molecular weight excluding hydrogens is 168 g/mol. The highest BCUT2D eigenvalue weighted by atomic mass is 16.3. The van der Waals surface area contributed by atoms with Gasteiger partial charge in [-0.1, -0.05) is 0 Å². The first kappa shape index (κ1) is 10.5. The Morgan fingerprint density at radius 2 is 2.31 bits per heavy atom. The molecule has 1 heterocycles. The van der Waals surface area contributed by atoms with Crippen molar-refractivity contribution in [3.8, 4) is 0 Å². The van der Waals surface area contributed by atoms with Crippen LogP contribution in [-0.2, 0) is 4.79 Å². The van der Waals surface area contributed by atoms with Gasteiger partial charge in [0.1, 0.15) is 0 Å². The summed E-state index contributed by atoms with van der Waals surface area (Å²) in [5.74, 6) is -0.0695. The topological polar surface area (TPSA) is 66.6 Å². The first-order valence-corrected chi connectivity index (χ1v) is 4.69. The Kier molecular flexibility index (Phi) is 2.93. The molecule has 1 unspecified atom stereocenters. The normalized spacial score (nSPS) is 31.5. The zero-order valence-electron chi connectivity index (χ0n) is 8.29. The van der Waals surface area contributed by atoms with Crippen LogP contribution in [0.1, 0.15) is 26.7 Å². The number of hydrogen-bond acceptors (Lipinski definition) is 3. The van der Waals surface area contributed by atoms with Gasteiger partial charge >= 0.3 is 0 Å². The fourth-order valence-corrected chi connectivity index (χ4v) is 1.70. The van der Waals surface area contributed by atoms with Gasteiger partial charge in [-0.3, -0.25) is 4.79 Å². The molecule has 0 bridgehead atoms. The predicted octanol–water partition coefficient (Wildman–Crippen LogP) is -0.293. The van der Waals surface area contributed by atoms with Gasteiger partial charge in [0, 0.05) is 13.1 Å². The van der Waals surface area contributed by atoms with Crippen molar-refractivity contribution in [2.24, 2.45) is 5.73 Å². The third kappa shape index (κ3) is 2.67. The minimum atomic E-state index is -0.733. The number of hydrogen-bond donors (Lipinski definition) is 2. The van der Waals surface area contributed by atoms with Gasteiger partial charge in [-0.25, -0.2) is 0 Å². The van der Waals surface area contributed by atoms with Gasteiger partial charge in [-0.2, -0.15) is 0 Å². The summed E-state index contributed by atoms with van der Waals surface area (Å²) in [6, 6.07) is -0.464. The van der Waals surface area contributed by atoms with E-state index in [1.807, 2.05) is 0 Å². The van der Waals surface area contributed by atoms with Crippen LogP contribution >= 0.6 is 0 Å². The number of β-amino-alcohol motifs (C(OH)–C–C–N with tert-alkyl or cyclic N) is 1. The van der Waals surface area contributed by atoms with Crippen molar-refractivity contribution in [1.82, 2.24) is 4.90 Å². The smallest absolute Gasteiger partial charge is 0.239 e. The first-order valence-electron chi connectivity index (χ1n) is 4.69. The molecule has 0 aromatic rings. The molecule has 2 atom stereocenters. The van der Waals surface area contributed by atoms with Crippen LogP contribution in [0.2, 0.25) is 0 Å². The second-order valence-corrected chi connectivity index (χ2v) is 4.15. The number of amides is 1. The number of rotatable bonds is 1. The molecular formula is C9H18N2O2. The average molecular weight is 186 g/mol. The summed E-state index contributed by atoms with van der Waals surface area (Å²) < 4.78 is 0. The SMILES string of the molecule is C[C@@H](N)C(=O)N1CCCC(C)(O)C1. The van der Waals surface area contributed by atoms with Crippen LogP contribution in [-0.4, -0.2) is 40.6 Å². The van der Waals surface area contributed by atoms with Gasteiger partial charge in [0.25, 0.3) is 0 Å². The molecule has 4 heteroatoms. The lowest BCUT2D eigenvalue weighted by Crippen LogP contribution is -2.52. The average Bonchev–Trinajstić information content (AvgIpc) is 2.01. The zero-order valence-corrected chi connectivity index (χ0v) is 8.29. The molecule has 1 fully saturated rings. The third-order valence-electron chi connectivity index (χ3n) is 2.38. The van der Waals surface area contributed by atoms with E-state index in [9.17, 15) is 9.90 Å². The summed E-state index contributed by atoms with van der Waals surface area (Å²) in [4.78, 5) is 13.1. The largest absolute Gasteiger partial charge is 0.388 e. The Bertz CT molecular complexity index is 202. The van der Waals surface area contributed by atoms with Crippen LogP contribution in [0.4, 0.5) is 0 Å². The third-order valence-corrected chi connectivity index (χ3v) is 2.38. The molecule has 0 aromatic carbocycles. The molecule has 76 valence electrons. The maximum Gasteiger partial charge on any atom is 0.239 e. The minimum Gasteiger partial charge on any atom is -0.388 e. The van der Waals surface area contributed by atoms with E-state index >= 15 is 0 Å². The van der Waals surface area contributed by atoms with Gasteiger partial charge in [0.2, 0.25) is 5.91 Å². The number of nitrogens with zero attached hydrogens (tertiary/aromatic N) is 1. The molecule has 1 aliphatic heterocycles. The standard InChI is InChI=1S/C9H18N2O2/c1-7(10)8(12)11-5-3-4-9(2,13)6-11/h7,13H,3-6,10H2,1-2H3/t7-,9?/m1/s1. The van der Waals surface area contributed by atoms with E-state index in [-0.39, 0.29) is 5.91 Å². The van der Waals surface area contributed by atoms with Crippen LogP contribution in [0.15, 0.2) is 0 Å². The fraction of sp³-hybridized carbons (Fsp3) is 0.889. The highest BCUT2D eigenvalue weighted by Gasteiger charge is 2.31. The van der Waals surface area contributed by atoms with Crippen molar-refractivity contribution in [2.45, 2.75) is 38.3 Å². The fourth-order valence-electron chi connectivity index (χ4n) is 1.70. The van der Waals surface area contributed by atoms with Gasteiger partial charge in [-0.05, 0) is 26.7 Å². The monoisotopic (exact) mass is 186 g/mol. The second kappa shape index (κ2) is 3.64. The van der Waals surface area contributed by atoms with Crippen molar-refractivity contribution < 1.29 is 9.90 Å². The molecule has 1 rings (SSSR count). The Balaban J connectivity index is 2.57. The van der Waals surface area contributed by atoms with E-state index in [0.29, 0.717) is 6.54 Å². The first-order chi connectivity index (χ1) is 5.92. The van der Waals surface area contributed by atoms with E-state index in [1.165, 1.54) is 0 Å². The summed E-state index contributed by atoms with van der Waals surface area (Å²) in [6.07, 6.45) is 1.61. The van der Waals surface area contributed by atoms with E-state index in [4.69, 9.17) is 5.73 Å². The number of carbonyl (C=O) groups excluding carboxylic acids is 1. The van der Waals surface area contributed by atoms with Crippen molar-refractivity contribution >= 4 is 5.91 Å². The van der Waals surface area contributed by atoms with Gasteiger partial charge in [0.15, 0.2) is 0 Å².